The summed E-state index contributed by atoms with van der Waals surface area (Å²) in [6.07, 6.45) is -3.28. The van der Waals surface area contributed by atoms with Crippen LogP contribution < -0.4 is 5.32 Å². The minimum atomic E-state index is -4.40. The second kappa shape index (κ2) is 6.36. The van der Waals surface area contributed by atoms with Gasteiger partial charge >= 0.3 is 6.18 Å². The van der Waals surface area contributed by atoms with Crippen molar-refractivity contribution in [2.45, 2.75) is 38.2 Å². The highest BCUT2D eigenvalue weighted by atomic mass is 32.2. The molecular formula is C14H20F3NO2S. The van der Waals surface area contributed by atoms with Gasteiger partial charge in [0, 0.05) is 12.3 Å². The van der Waals surface area contributed by atoms with Crippen molar-refractivity contribution in [2.24, 2.45) is 0 Å². The van der Waals surface area contributed by atoms with E-state index in [9.17, 15) is 21.6 Å². The van der Waals surface area contributed by atoms with Crippen LogP contribution in [0.5, 0.6) is 0 Å². The third-order valence-electron chi connectivity index (χ3n) is 3.50. The van der Waals surface area contributed by atoms with Crippen LogP contribution in [0.25, 0.3) is 0 Å². The lowest BCUT2D eigenvalue weighted by atomic mass is 9.96. The molecule has 0 saturated heterocycles. The molecule has 1 N–H and O–H groups in total. The van der Waals surface area contributed by atoms with Crippen molar-refractivity contribution in [3.05, 3.63) is 34.9 Å². The summed E-state index contributed by atoms with van der Waals surface area (Å²) in [4.78, 5) is 0. The van der Waals surface area contributed by atoms with Crippen molar-refractivity contribution < 1.29 is 21.6 Å². The van der Waals surface area contributed by atoms with Gasteiger partial charge in [0.25, 0.3) is 0 Å². The van der Waals surface area contributed by atoms with Gasteiger partial charge < -0.3 is 5.32 Å². The summed E-state index contributed by atoms with van der Waals surface area (Å²) in [6.45, 7) is 5.45. The molecule has 0 aliphatic rings. The van der Waals surface area contributed by atoms with Crippen molar-refractivity contribution in [3.8, 4) is 0 Å². The summed E-state index contributed by atoms with van der Waals surface area (Å²) < 4.78 is 61.5. The zero-order valence-electron chi connectivity index (χ0n) is 12.5. The van der Waals surface area contributed by atoms with Crippen LogP contribution in [0.4, 0.5) is 13.2 Å². The highest BCUT2D eigenvalue weighted by Gasteiger charge is 2.32. The molecule has 0 radical (unpaired) electrons. The average Bonchev–Trinajstić information content (AvgIpc) is 2.33. The number of rotatable bonds is 5. The van der Waals surface area contributed by atoms with E-state index in [0.29, 0.717) is 17.7 Å². The first-order chi connectivity index (χ1) is 9.48. The van der Waals surface area contributed by atoms with E-state index < -0.39 is 32.9 Å². The Labute approximate surface area is 123 Å². The molecule has 2 atom stereocenters. The second-order valence-electron chi connectivity index (χ2n) is 5.14. The molecule has 120 valence electrons. The Hall–Kier alpha value is -1.08. The number of sulfone groups is 1. The molecule has 0 heterocycles. The molecule has 3 nitrogen and oxygen atoms in total. The van der Waals surface area contributed by atoms with E-state index >= 15 is 0 Å². The van der Waals surface area contributed by atoms with Crippen LogP contribution in [0.3, 0.4) is 0 Å². The van der Waals surface area contributed by atoms with Crippen molar-refractivity contribution in [3.63, 3.8) is 0 Å². The predicted molar refractivity (Wildman–Crippen MR) is 76.9 cm³/mol. The fourth-order valence-corrected chi connectivity index (χ4v) is 2.93. The van der Waals surface area contributed by atoms with Gasteiger partial charge in [-0.15, -0.1) is 0 Å². The molecule has 21 heavy (non-hydrogen) atoms. The van der Waals surface area contributed by atoms with E-state index in [-0.39, 0.29) is 0 Å². The molecule has 0 saturated carbocycles. The van der Waals surface area contributed by atoms with Gasteiger partial charge in [-0.1, -0.05) is 13.0 Å². The lowest BCUT2D eigenvalue weighted by Crippen LogP contribution is -2.35. The number of aryl methyl sites for hydroxylation is 1. The SMILES string of the molecule is CCNC(c1ccc(C(F)(F)F)cc1C)C(C)S(C)(=O)=O. The number of hydrogen-bond donors (Lipinski definition) is 1. The van der Waals surface area contributed by atoms with Crippen LogP contribution in [-0.2, 0) is 16.0 Å². The number of halogens is 3. The first kappa shape index (κ1) is 18.0. The molecule has 0 amide bonds. The van der Waals surface area contributed by atoms with Gasteiger partial charge in [0.2, 0.25) is 0 Å². The van der Waals surface area contributed by atoms with Crippen LogP contribution >= 0.6 is 0 Å². The number of nitrogens with one attached hydrogen (secondary N) is 1. The monoisotopic (exact) mass is 323 g/mol. The lowest BCUT2D eigenvalue weighted by molar-refractivity contribution is -0.137. The summed E-state index contributed by atoms with van der Waals surface area (Å²) in [6, 6.07) is 2.86. The lowest BCUT2D eigenvalue weighted by Gasteiger charge is -2.26. The third kappa shape index (κ3) is 4.44. The van der Waals surface area contributed by atoms with Gasteiger partial charge in [-0.25, -0.2) is 8.42 Å². The minimum Gasteiger partial charge on any atom is -0.309 e. The molecule has 0 bridgehead atoms. The Balaban J connectivity index is 3.28. The minimum absolute atomic E-state index is 0.422. The number of hydrogen-bond acceptors (Lipinski definition) is 3. The normalized spacial score (nSPS) is 15.8. The Kier molecular flexibility index (Phi) is 5.44. The highest BCUT2D eigenvalue weighted by molar-refractivity contribution is 7.91. The van der Waals surface area contributed by atoms with Crippen LogP contribution in [0.1, 0.15) is 36.6 Å². The maximum absolute atomic E-state index is 12.7. The Morgan fingerprint density at radius 1 is 1.29 bits per heavy atom. The summed E-state index contributed by atoms with van der Waals surface area (Å²) >= 11 is 0. The topological polar surface area (TPSA) is 46.2 Å². The molecule has 0 aliphatic heterocycles. The van der Waals surface area contributed by atoms with Crippen LogP contribution in [0.15, 0.2) is 18.2 Å². The molecule has 0 fully saturated rings. The molecule has 0 spiro atoms. The fourth-order valence-electron chi connectivity index (χ4n) is 2.20. The Morgan fingerprint density at radius 2 is 1.86 bits per heavy atom. The van der Waals surface area contributed by atoms with Crippen molar-refractivity contribution in [2.75, 3.05) is 12.8 Å². The zero-order chi connectivity index (χ0) is 16.4. The predicted octanol–water partition coefficient (Wildman–Crippen LogP) is 3.10. The molecule has 7 heteroatoms. The van der Waals surface area contributed by atoms with Crippen LogP contribution in [0.2, 0.25) is 0 Å². The summed E-state index contributed by atoms with van der Waals surface area (Å²) in [5, 5.41) is 2.32. The summed E-state index contributed by atoms with van der Waals surface area (Å²) in [5.74, 6) is 0. The number of benzene rings is 1. The van der Waals surface area contributed by atoms with E-state index in [2.05, 4.69) is 5.32 Å². The van der Waals surface area contributed by atoms with E-state index in [1.54, 1.807) is 13.8 Å². The molecule has 0 aromatic heterocycles. The van der Waals surface area contributed by atoms with Gasteiger partial charge in [-0.2, -0.15) is 13.2 Å². The first-order valence-corrected chi connectivity index (χ1v) is 8.54. The maximum Gasteiger partial charge on any atom is 0.416 e. The van der Waals surface area contributed by atoms with Crippen molar-refractivity contribution in [1.82, 2.24) is 5.32 Å². The number of alkyl halides is 3. The largest absolute Gasteiger partial charge is 0.416 e. The van der Waals surface area contributed by atoms with Gasteiger partial charge in [0.1, 0.15) is 0 Å². The van der Waals surface area contributed by atoms with E-state index in [1.165, 1.54) is 6.07 Å². The average molecular weight is 323 g/mol. The molecule has 1 rings (SSSR count). The van der Waals surface area contributed by atoms with Gasteiger partial charge in [0.05, 0.1) is 10.8 Å². The summed E-state index contributed by atoms with van der Waals surface area (Å²) in [7, 11) is -3.31. The molecule has 1 aromatic rings. The zero-order valence-corrected chi connectivity index (χ0v) is 13.3. The molecule has 2 unspecified atom stereocenters. The van der Waals surface area contributed by atoms with Crippen molar-refractivity contribution in [1.29, 1.82) is 0 Å². The highest BCUT2D eigenvalue weighted by Crippen LogP contribution is 2.33. The Bertz CT molecular complexity index is 597. The molecule has 1 aromatic carbocycles. The van der Waals surface area contributed by atoms with Gasteiger partial charge in [0.15, 0.2) is 9.84 Å². The fraction of sp³-hybridized carbons (Fsp3) is 0.571. The van der Waals surface area contributed by atoms with E-state index in [4.69, 9.17) is 0 Å². The van der Waals surface area contributed by atoms with Crippen LogP contribution in [-0.4, -0.2) is 26.5 Å². The third-order valence-corrected chi connectivity index (χ3v) is 5.12. The maximum atomic E-state index is 12.7. The summed E-state index contributed by atoms with van der Waals surface area (Å²) in [5.41, 5.74) is 0.264. The smallest absolute Gasteiger partial charge is 0.309 e. The van der Waals surface area contributed by atoms with Crippen molar-refractivity contribution >= 4 is 9.84 Å². The van der Waals surface area contributed by atoms with Crippen LogP contribution in [0, 0.1) is 6.92 Å². The van der Waals surface area contributed by atoms with E-state index in [1.807, 2.05) is 6.92 Å². The van der Waals surface area contributed by atoms with E-state index in [0.717, 1.165) is 18.4 Å². The van der Waals surface area contributed by atoms with Gasteiger partial charge in [-0.05, 0) is 43.7 Å². The quantitative estimate of drug-likeness (QED) is 0.906. The second-order valence-corrected chi connectivity index (χ2v) is 7.54. The molecule has 0 aliphatic carbocycles. The first-order valence-electron chi connectivity index (χ1n) is 6.58. The standard InChI is InChI=1S/C14H20F3NO2S/c1-5-18-13(10(3)21(4,19)20)12-7-6-11(8-9(12)2)14(15,16)17/h6-8,10,13,18H,5H2,1-4H3. The van der Waals surface area contributed by atoms with Gasteiger partial charge in [-0.3, -0.25) is 0 Å². The Morgan fingerprint density at radius 3 is 2.24 bits per heavy atom. The molecular weight excluding hydrogens is 303 g/mol.